The summed E-state index contributed by atoms with van der Waals surface area (Å²) in [5.74, 6) is 1.20. The Hall–Kier alpha value is -1.20. The van der Waals surface area contributed by atoms with E-state index in [0.717, 1.165) is 15.8 Å². The molecule has 1 atom stereocenters. The number of rotatable bonds is 4. The van der Waals surface area contributed by atoms with Crippen LogP contribution in [0.5, 0.6) is 0 Å². The van der Waals surface area contributed by atoms with Gasteiger partial charge in [0.1, 0.15) is 11.6 Å². The third kappa shape index (κ3) is 3.17. The van der Waals surface area contributed by atoms with Crippen molar-refractivity contribution in [2.45, 2.75) is 26.4 Å². The standard InChI is InChI=1S/C13H14BrFN2O/c1-8-6-17-13(18-8)9(2)16-7-10-3-4-11(15)5-12(10)14/h3-6,9,16H,7H2,1-2H3. The second kappa shape index (κ2) is 5.63. The average Bonchev–Trinajstić information content (AvgIpc) is 2.74. The smallest absolute Gasteiger partial charge is 0.211 e. The summed E-state index contributed by atoms with van der Waals surface area (Å²) in [7, 11) is 0. The van der Waals surface area contributed by atoms with E-state index in [1.807, 2.05) is 13.8 Å². The van der Waals surface area contributed by atoms with Crippen molar-refractivity contribution in [3.05, 3.63) is 51.9 Å². The molecule has 1 N–H and O–H groups in total. The summed E-state index contributed by atoms with van der Waals surface area (Å²) < 4.78 is 19.1. The van der Waals surface area contributed by atoms with Crippen molar-refractivity contribution in [2.24, 2.45) is 0 Å². The summed E-state index contributed by atoms with van der Waals surface area (Å²) in [6, 6.07) is 4.66. The van der Waals surface area contributed by atoms with Gasteiger partial charge in [0, 0.05) is 11.0 Å². The van der Waals surface area contributed by atoms with Gasteiger partial charge in [0.25, 0.3) is 0 Å². The Morgan fingerprint density at radius 3 is 2.89 bits per heavy atom. The van der Waals surface area contributed by atoms with Crippen molar-refractivity contribution >= 4 is 15.9 Å². The summed E-state index contributed by atoms with van der Waals surface area (Å²) in [6.45, 7) is 4.45. The highest BCUT2D eigenvalue weighted by atomic mass is 79.9. The first-order chi connectivity index (χ1) is 8.56. The maximum atomic E-state index is 12.9. The lowest BCUT2D eigenvalue weighted by molar-refractivity contribution is 0.402. The van der Waals surface area contributed by atoms with Crippen LogP contribution in [0.4, 0.5) is 4.39 Å². The summed E-state index contributed by atoms with van der Waals surface area (Å²) in [4.78, 5) is 4.16. The molecule has 0 spiro atoms. The minimum Gasteiger partial charge on any atom is -0.444 e. The average molecular weight is 313 g/mol. The molecule has 2 aromatic rings. The topological polar surface area (TPSA) is 38.1 Å². The van der Waals surface area contributed by atoms with Crippen molar-refractivity contribution < 1.29 is 8.81 Å². The van der Waals surface area contributed by atoms with Crippen LogP contribution < -0.4 is 5.32 Å². The Balaban J connectivity index is 1.99. The molecule has 1 unspecified atom stereocenters. The van der Waals surface area contributed by atoms with Gasteiger partial charge in [-0.25, -0.2) is 9.37 Å². The first-order valence-corrected chi connectivity index (χ1v) is 6.45. The third-order valence-corrected chi connectivity index (χ3v) is 3.36. The minimum atomic E-state index is -0.248. The van der Waals surface area contributed by atoms with Gasteiger partial charge in [-0.3, -0.25) is 0 Å². The molecule has 5 heteroatoms. The number of aromatic nitrogens is 1. The Morgan fingerprint density at radius 1 is 1.50 bits per heavy atom. The van der Waals surface area contributed by atoms with E-state index in [2.05, 4.69) is 26.2 Å². The summed E-state index contributed by atoms with van der Waals surface area (Å²) in [5.41, 5.74) is 0.992. The van der Waals surface area contributed by atoms with E-state index in [-0.39, 0.29) is 11.9 Å². The van der Waals surface area contributed by atoms with Gasteiger partial charge >= 0.3 is 0 Å². The monoisotopic (exact) mass is 312 g/mol. The zero-order valence-electron chi connectivity index (χ0n) is 10.2. The van der Waals surface area contributed by atoms with Gasteiger partial charge in [0.2, 0.25) is 5.89 Å². The Labute approximate surface area is 114 Å². The van der Waals surface area contributed by atoms with Crippen LogP contribution >= 0.6 is 15.9 Å². The highest BCUT2D eigenvalue weighted by Crippen LogP contribution is 2.19. The fourth-order valence-corrected chi connectivity index (χ4v) is 2.08. The number of nitrogens with one attached hydrogen (secondary N) is 1. The summed E-state index contributed by atoms with van der Waals surface area (Å²) >= 11 is 3.34. The number of hydrogen-bond acceptors (Lipinski definition) is 3. The zero-order valence-corrected chi connectivity index (χ0v) is 11.8. The maximum Gasteiger partial charge on any atom is 0.211 e. The number of nitrogens with zero attached hydrogens (tertiary/aromatic N) is 1. The molecule has 18 heavy (non-hydrogen) atoms. The largest absolute Gasteiger partial charge is 0.444 e. The molecule has 96 valence electrons. The predicted molar refractivity (Wildman–Crippen MR) is 70.6 cm³/mol. The molecule has 0 aliphatic carbocycles. The number of halogens is 2. The van der Waals surface area contributed by atoms with E-state index in [1.54, 1.807) is 12.3 Å². The van der Waals surface area contributed by atoms with Gasteiger partial charge in [-0.15, -0.1) is 0 Å². The lowest BCUT2D eigenvalue weighted by Crippen LogP contribution is -2.18. The van der Waals surface area contributed by atoms with E-state index < -0.39 is 0 Å². The van der Waals surface area contributed by atoms with Gasteiger partial charge in [0.05, 0.1) is 12.2 Å². The number of oxazole rings is 1. The first-order valence-electron chi connectivity index (χ1n) is 5.66. The number of aryl methyl sites for hydroxylation is 1. The molecule has 0 amide bonds. The molecule has 0 aliphatic rings. The van der Waals surface area contributed by atoms with Crippen molar-refractivity contribution in [1.82, 2.24) is 10.3 Å². The van der Waals surface area contributed by atoms with Crippen molar-refractivity contribution in [1.29, 1.82) is 0 Å². The Bertz CT molecular complexity index is 542. The van der Waals surface area contributed by atoms with Crippen LogP contribution in [-0.4, -0.2) is 4.98 Å². The molecule has 3 nitrogen and oxygen atoms in total. The highest BCUT2D eigenvalue weighted by Gasteiger charge is 2.11. The van der Waals surface area contributed by atoms with Crippen LogP contribution in [0.3, 0.4) is 0 Å². The van der Waals surface area contributed by atoms with Crippen molar-refractivity contribution in [2.75, 3.05) is 0 Å². The normalized spacial score (nSPS) is 12.7. The maximum absolute atomic E-state index is 12.9. The van der Waals surface area contributed by atoms with Gasteiger partial charge in [-0.1, -0.05) is 22.0 Å². The quantitative estimate of drug-likeness (QED) is 0.934. The van der Waals surface area contributed by atoms with Crippen molar-refractivity contribution in [3.63, 3.8) is 0 Å². The van der Waals surface area contributed by atoms with Crippen LogP contribution in [0.25, 0.3) is 0 Å². The van der Waals surface area contributed by atoms with Crippen LogP contribution in [0.15, 0.2) is 33.3 Å². The molecule has 0 fully saturated rings. The molecule has 2 rings (SSSR count). The Morgan fingerprint density at radius 2 is 2.28 bits per heavy atom. The van der Waals surface area contributed by atoms with Crippen LogP contribution in [0, 0.1) is 12.7 Å². The second-order valence-electron chi connectivity index (χ2n) is 4.15. The highest BCUT2D eigenvalue weighted by molar-refractivity contribution is 9.10. The fourth-order valence-electron chi connectivity index (χ4n) is 1.59. The molecule has 0 saturated carbocycles. The van der Waals surface area contributed by atoms with E-state index in [4.69, 9.17) is 4.42 Å². The minimum absolute atomic E-state index is 0.00986. The molecular weight excluding hydrogens is 299 g/mol. The lowest BCUT2D eigenvalue weighted by atomic mass is 10.2. The number of benzene rings is 1. The summed E-state index contributed by atoms with van der Waals surface area (Å²) in [5, 5.41) is 3.28. The predicted octanol–water partition coefficient (Wildman–Crippen LogP) is 3.74. The van der Waals surface area contributed by atoms with E-state index in [0.29, 0.717) is 12.4 Å². The second-order valence-corrected chi connectivity index (χ2v) is 5.00. The SMILES string of the molecule is Cc1cnc(C(C)NCc2ccc(F)cc2Br)o1. The molecule has 0 aliphatic heterocycles. The third-order valence-electron chi connectivity index (χ3n) is 2.62. The molecule has 0 saturated heterocycles. The van der Waals surface area contributed by atoms with Gasteiger partial charge in [0.15, 0.2) is 0 Å². The molecule has 0 radical (unpaired) electrons. The van der Waals surface area contributed by atoms with Crippen molar-refractivity contribution in [3.8, 4) is 0 Å². The first kappa shape index (κ1) is 13.2. The van der Waals surface area contributed by atoms with Crippen LogP contribution in [-0.2, 0) is 6.54 Å². The molecule has 0 bridgehead atoms. The van der Waals surface area contributed by atoms with Gasteiger partial charge in [-0.05, 0) is 31.5 Å². The molecule has 1 aromatic heterocycles. The molecular formula is C13H14BrFN2O. The Kier molecular flexibility index (Phi) is 4.14. The zero-order chi connectivity index (χ0) is 13.1. The number of hydrogen-bond donors (Lipinski definition) is 1. The van der Waals surface area contributed by atoms with Crippen LogP contribution in [0.1, 0.15) is 30.2 Å². The lowest BCUT2D eigenvalue weighted by Gasteiger charge is -2.11. The van der Waals surface area contributed by atoms with Gasteiger partial charge in [-0.2, -0.15) is 0 Å². The summed E-state index contributed by atoms with van der Waals surface area (Å²) in [6.07, 6.45) is 1.70. The van der Waals surface area contributed by atoms with Gasteiger partial charge < -0.3 is 9.73 Å². The van der Waals surface area contributed by atoms with E-state index in [9.17, 15) is 4.39 Å². The van der Waals surface area contributed by atoms with E-state index >= 15 is 0 Å². The molecule has 1 aromatic carbocycles. The van der Waals surface area contributed by atoms with E-state index in [1.165, 1.54) is 12.1 Å². The molecule has 1 heterocycles. The van der Waals surface area contributed by atoms with Crippen LogP contribution in [0.2, 0.25) is 0 Å². The fraction of sp³-hybridized carbons (Fsp3) is 0.308.